The van der Waals surface area contributed by atoms with Gasteiger partial charge >= 0.3 is 0 Å². The summed E-state index contributed by atoms with van der Waals surface area (Å²) in [6.07, 6.45) is 0. The van der Waals surface area contributed by atoms with Gasteiger partial charge in [0.25, 0.3) is 0 Å². The summed E-state index contributed by atoms with van der Waals surface area (Å²) in [7, 11) is 0. The first-order valence-electron chi connectivity index (χ1n) is 20.6. The number of aromatic nitrogens is 5. The predicted molar refractivity (Wildman–Crippen MR) is 255 cm³/mol. The van der Waals surface area contributed by atoms with Crippen molar-refractivity contribution in [3.63, 3.8) is 0 Å². The van der Waals surface area contributed by atoms with Crippen LogP contribution in [0.5, 0.6) is 0 Å². The summed E-state index contributed by atoms with van der Waals surface area (Å²) < 4.78 is 7.34. The van der Waals surface area contributed by atoms with Crippen molar-refractivity contribution in [2.24, 2.45) is 0 Å². The highest BCUT2D eigenvalue weighted by atomic mass is 32.1. The molecule has 5 heterocycles. The minimum atomic E-state index is 0.592. The molecule has 14 aromatic rings. The molecule has 0 saturated heterocycles. The van der Waals surface area contributed by atoms with Crippen LogP contribution in [-0.2, 0) is 0 Å². The van der Waals surface area contributed by atoms with Crippen LogP contribution < -0.4 is 0 Å². The van der Waals surface area contributed by atoms with Gasteiger partial charge in [0.2, 0.25) is 5.95 Å². The molecule has 14 rings (SSSR count). The van der Waals surface area contributed by atoms with Gasteiger partial charge in [-0.3, -0.25) is 4.57 Å². The smallest absolute Gasteiger partial charge is 0.238 e. The maximum atomic E-state index is 5.37. The zero-order valence-electron chi connectivity index (χ0n) is 32.5. The fourth-order valence-electron chi connectivity index (χ4n) is 10.1. The summed E-state index contributed by atoms with van der Waals surface area (Å²) in [6, 6.07) is 67.4. The molecule has 282 valence electrons. The van der Waals surface area contributed by atoms with Crippen molar-refractivity contribution in [3.8, 4) is 51.0 Å². The van der Waals surface area contributed by atoms with Gasteiger partial charge in [0.1, 0.15) is 0 Å². The van der Waals surface area contributed by atoms with Crippen molar-refractivity contribution >= 4 is 91.4 Å². The normalized spacial score (nSPS) is 12.3. The summed E-state index contributed by atoms with van der Waals surface area (Å²) >= 11 is 1.87. The van der Waals surface area contributed by atoms with E-state index in [4.69, 9.17) is 15.0 Å². The molecule has 0 atom stereocenters. The van der Waals surface area contributed by atoms with Crippen LogP contribution in [-0.4, -0.2) is 23.9 Å². The molecule has 0 radical (unpaired) electrons. The first kappa shape index (κ1) is 33.0. The van der Waals surface area contributed by atoms with Crippen LogP contribution in [0.1, 0.15) is 0 Å². The van der Waals surface area contributed by atoms with Gasteiger partial charge < -0.3 is 4.40 Å². The molecular weight excluding hydrogens is 763 g/mol. The molecule has 0 amide bonds. The largest absolute Gasteiger partial charge is 0.308 e. The number of hydrogen-bond donors (Lipinski definition) is 0. The maximum Gasteiger partial charge on any atom is 0.238 e. The average molecular weight is 794 g/mol. The van der Waals surface area contributed by atoms with Crippen molar-refractivity contribution in [1.82, 2.24) is 23.9 Å². The van der Waals surface area contributed by atoms with Crippen LogP contribution in [0.4, 0.5) is 0 Å². The van der Waals surface area contributed by atoms with E-state index in [0.717, 1.165) is 27.7 Å². The summed E-state index contributed by atoms with van der Waals surface area (Å²) in [5, 5.41) is 10.1. The molecule has 0 aliphatic rings. The lowest BCUT2D eigenvalue weighted by atomic mass is 9.91. The molecule has 5 nitrogen and oxygen atoms in total. The highest BCUT2D eigenvalue weighted by Gasteiger charge is 2.26. The standard InChI is InChI=1S/C55H31N5S/c1-3-12-32(13-4-1)37-19-9-16-34-17-10-20-38(47(34)37)33-24-26-36(27-25-33)54-56-53(35-14-5-2-6-15-35)57-55(58-54)60-43-23-11-22-42-48(43)49-44(60)29-31-45-50(49)51-46(61-45)30-28-40-39-18-7-8-21-41(39)59(42)52(40)51/h1-31H. The second-order valence-electron chi connectivity index (χ2n) is 15.9. The Hall–Kier alpha value is -7.93. The third kappa shape index (κ3) is 4.57. The van der Waals surface area contributed by atoms with Gasteiger partial charge in [-0.25, -0.2) is 4.98 Å². The lowest BCUT2D eigenvalue weighted by molar-refractivity contribution is 0.954. The summed E-state index contributed by atoms with van der Waals surface area (Å²) in [4.78, 5) is 15.8. The summed E-state index contributed by atoms with van der Waals surface area (Å²) in [5.41, 5.74) is 12.4. The second kappa shape index (κ2) is 12.3. The van der Waals surface area contributed by atoms with Crippen LogP contribution in [0.3, 0.4) is 0 Å². The van der Waals surface area contributed by atoms with Crippen molar-refractivity contribution < 1.29 is 0 Å². The van der Waals surface area contributed by atoms with E-state index in [-0.39, 0.29) is 0 Å². The number of benzene rings is 9. The molecule has 5 aromatic heterocycles. The van der Waals surface area contributed by atoms with Crippen molar-refractivity contribution in [1.29, 1.82) is 0 Å². The maximum absolute atomic E-state index is 5.37. The second-order valence-corrected chi connectivity index (χ2v) is 17.0. The molecule has 0 bridgehead atoms. The Kier molecular flexibility index (Phi) is 6.65. The molecule has 0 spiro atoms. The van der Waals surface area contributed by atoms with Gasteiger partial charge in [-0.05, 0) is 69.4 Å². The average Bonchev–Trinajstić information content (AvgIpc) is 3.96. The highest BCUT2D eigenvalue weighted by molar-refractivity contribution is 7.26. The monoisotopic (exact) mass is 793 g/mol. The summed E-state index contributed by atoms with van der Waals surface area (Å²) in [5.74, 6) is 1.85. The molecule has 0 fully saturated rings. The molecular formula is C55H31N5S. The number of nitrogens with zero attached hydrogens (tertiary/aromatic N) is 5. The van der Waals surface area contributed by atoms with Crippen LogP contribution >= 0.6 is 11.3 Å². The van der Waals surface area contributed by atoms with E-state index < -0.39 is 0 Å². The molecule has 0 unspecified atom stereocenters. The fourth-order valence-corrected chi connectivity index (χ4v) is 11.2. The Balaban J connectivity index is 1.01. The Labute approximate surface area is 352 Å². The Morgan fingerprint density at radius 1 is 0.344 bits per heavy atom. The van der Waals surface area contributed by atoms with E-state index in [1.54, 1.807) is 0 Å². The first-order chi connectivity index (χ1) is 30.3. The van der Waals surface area contributed by atoms with Gasteiger partial charge in [0.15, 0.2) is 11.6 Å². The van der Waals surface area contributed by atoms with Gasteiger partial charge in [-0.15, -0.1) is 11.3 Å². The zero-order valence-corrected chi connectivity index (χ0v) is 33.4. The van der Waals surface area contributed by atoms with E-state index in [0.29, 0.717) is 17.6 Å². The first-order valence-corrected chi connectivity index (χ1v) is 21.4. The quantitative estimate of drug-likeness (QED) is 0.174. The van der Waals surface area contributed by atoms with Crippen LogP contribution in [0.25, 0.3) is 131 Å². The van der Waals surface area contributed by atoms with Crippen molar-refractivity contribution in [3.05, 3.63) is 188 Å². The lowest BCUT2D eigenvalue weighted by Crippen LogP contribution is -2.06. The fraction of sp³-hybridized carbons (Fsp3) is 0. The van der Waals surface area contributed by atoms with Crippen molar-refractivity contribution in [2.45, 2.75) is 0 Å². The van der Waals surface area contributed by atoms with Gasteiger partial charge in [-0.1, -0.05) is 152 Å². The topological polar surface area (TPSA) is 48.0 Å². The van der Waals surface area contributed by atoms with Crippen LogP contribution in [0.2, 0.25) is 0 Å². The number of thiophene rings is 1. The number of para-hydroxylation sites is 1. The summed E-state index contributed by atoms with van der Waals surface area (Å²) in [6.45, 7) is 0. The highest BCUT2D eigenvalue weighted by Crippen LogP contribution is 2.50. The lowest BCUT2D eigenvalue weighted by Gasteiger charge is -2.14. The van der Waals surface area contributed by atoms with E-state index in [2.05, 4.69) is 179 Å². The minimum absolute atomic E-state index is 0.592. The van der Waals surface area contributed by atoms with Crippen LogP contribution in [0, 0.1) is 0 Å². The molecule has 6 heteroatoms. The number of hydrogen-bond acceptors (Lipinski definition) is 4. The van der Waals surface area contributed by atoms with Gasteiger partial charge in [0, 0.05) is 52.8 Å². The zero-order chi connectivity index (χ0) is 39.8. The molecule has 9 aromatic carbocycles. The molecule has 0 aliphatic carbocycles. The molecule has 0 aliphatic heterocycles. The van der Waals surface area contributed by atoms with Crippen molar-refractivity contribution in [2.75, 3.05) is 0 Å². The molecule has 61 heavy (non-hydrogen) atoms. The van der Waals surface area contributed by atoms with E-state index >= 15 is 0 Å². The third-order valence-corrected chi connectivity index (χ3v) is 13.8. The van der Waals surface area contributed by atoms with E-state index in [1.807, 2.05) is 29.5 Å². The Morgan fingerprint density at radius 2 is 0.918 bits per heavy atom. The van der Waals surface area contributed by atoms with Gasteiger partial charge in [-0.2, -0.15) is 9.97 Å². The van der Waals surface area contributed by atoms with E-state index in [9.17, 15) is 0 Å². The minimum Gasteiger partial charge on any atom is -0.308 e. The van der Waals surface area contributed by atoms with Gasteiger partial charge in [0.05, 0.1) is 27.6 Å². The molecule has 0 N–H and O–H groups in total. The van der Waals surface area contributed by atoms with E-state index in [1.165, 1.54) is 85.7 Å². The number of fused-ring (bicyclic) bond motifs is 5. The third-order valence-electron chi connectivity index (χ3n) is 12.7. The molecule has 0 saturated carbocycles. The SMILES string of the molecule is c1ccc(-c2nc(-c3ccc(-c4cccc5cccc(-c6ccccc6)c45)cc3)nc(-n3c4ccc5sc6ccc7c8ccccc8n8c9cccc3c9c4c5c6c78)n2)cc1. The van der Waals surface area contributed by atoms with Crippen LogP contribution in [0.15, 0.2) is 188 Å². The Morgan fingerprint density at radius 3 is 1.69 bits per heavy atom. The number of rotatable bonds is 5. The Bertz CT molecular complexity index is 4020. The predicted octanol–water partition coefficient (Wildman–Crippen LogP) is 14.6.